The Labute approximate surface area is 387 Å². The van der Waals surface area contributed by atoms with Crippen molar-refractivity contribution in [3.8, 4) is 0 Å². The van der Waals surface area contributed by atoms with E-state index in [9.17, 15) is 43.8 Å². The van der Waals surface area contributed by atoms with Gasteiger partial charge in [-0.25, -0.2) is 14.5 Å². The third-order valence-electron chi connectivity index (χ3n) is 10.8. The first kappa shape index (κ1) is 54.1. The summed E-state index contributed by atoms with van der Waals surface area (Å²) in [6, 6.07) is 26.8. The number of esters is 2. The fourth-order valence-corrected chi connectivity index (χ4v) is 7.10. The Hall–Kier alpha value is -6.19. The van der Waals surface area contributed by atoms with Crippen molar-refractivity contribution in [2.75, 3.05) is 18.1 Å². The van der Waals surface area contributed by atoms with Crippen LogP contribution in [0, 0.1) is 5.92 Å². The van der Waals surface area contributed by atoms with Crippen LogP contribution in [0.4, 0.5) is 10.5 Å². The number of carboxylic acid groups (broad SMARTS) is 2. The van der Waals surface area contributed by atoms with Gasteiger partial charge in [0.05, 0.1) is 25.1 Å². The second-order valence-corrected chi connectivity index (χ2v) is 16.4. The van der Waals surface area contributed by atoms with E-state index in [-0.39, 0.29) is 19.4 Å². The summed E-state index contributed by atoms with van der Waals surface area (Å²) in [5.41, 5.74) is -0.646. The minimum absolute atomic E-state index is 0.125. The molecule has 358 valence electrons. The Bertz CT molecular complexity index is 1930. The molecule has 1 aliphatic heterocycles. The Morgan fingerprint density at radius 1 is 0.652 bits per heavy atom. The number of hydrogen-bond donors (Lipinski definition) is 4. The van der Waals surface area contributed by atoms with E-state index < -0.39 is 85.4 Å². The van der Waals surface area contributed by atoms with E-state index >= 15 is 0 Å². The van der Waals surface area contributed by atoms with E-state index in [1.807, 2.05) is 66.7 Å². The molecule has 1 fully saturated rings. The minimum atomic E-state index is -2.82. The summed E-state index contributed by atoms with van der Waals surface area (Å²) in [4.78, 5) is 87.0. The summed E-state index contributed by atoms with van der Waals surface area (Å²) in [7, 11) is 0. The van der Waals surface area contributed by atoms with E-state index in [0.29, 0.717) is 12.1 Å². The molecular formula is C51H66N2O13. The molecule has 0 aliphatic carbocycles. The third-order valence-corrected chi connectivity index (χ3v) is 10.8. The van der Waals surface area contributed by atoms with E-state index in [1.54, 1.807) is 24.3 Å². The first-order chi connectivity index (χ1) is 31.7. The van der Waals surface area contributed by atoms with Crippen molar-refractivity contribution >= 4 is 47.4 Å². The Kier molecular flexibility index (Phi) is 24.7. The van der Waals surface area contributed by atoms with Crippen molar-refractivity contribution < 1.29 is 63.5 Å². The largest absolute Gasteiger partial charge is 0.481 e. The average molecular weight is 915 g/mol. The smallest absolute Gasteiger partial charge is 0.338 e. The van der Waals surface area contributed by atoms with Crippen LogP contribution in [0.5, 0.6) is 0 Å². The van der Waals surface area contributed by atoms with Gasteiger partial charge in [-0.15, -0.1) is 0 Å². The number of aliphatic hydroxyl groups excluding tert-OH is 1. The summed E-state index contributed by atoms with van der Waals surface area (Å²) in [5, 5.41) is 37.2. The van der Waals surface area contributed by atoms with Crippen molar-refractivity contribution in [2.45, 2.75) is 134 Å². The van der Waals surface area contributed by atoms with E-state index in [4.69, 9.17) is 14.9 Å². The molecule has 3 unspecified atom stereocenters. The number of allylic oxidation sites excluding steroid dienone is 2. The van der Waals surface area contributed by atoms with Crippen molar-refractivity contribution in [3.05, 3.63) is 114 Å². The molecule has 0 saturated carbocycles. The molecule has 1 heterocycles. The second-order valence-electron chi connectivity index (χ2n) is 16.4. The average Bonchev–Trinajstić information content (AvgIpc) is 3.30. The molecule has 4 amide bonds. The van der Waals surface area contributed by atoms with Gasteiger partial charge in [-0.1, -0.05) is 149 Å². The maximum atomic E-state index is 13.2. The van der Waals surface area contributed by atoms with Gasteiger partial charge in [-0.2, -0.15) is 0 Å². The zero-order chi connectivity index (χ0) is 48.2. The molecule has 1 aliphatic rings. The number of benzene rings is 3. The number of carboxylic acids is 2. The number of ether oxygens (including phenoxy) is 2. The number of anilines is 1. The third kappa shape index (κ3) is 19.9. The highest BCUT2D eigenvalue weighted by atomic mass is 16.6. The maximum absolute atomic E-state index is 13.2. The predicted octanol–water partition coefficient (Wildman–Crippen LogP) is 8.19. The predicted molar refractivity (Wildman–Crippen MR) is 247 cm³/mol. The lowest BCUT2D eigenvalue weighted by Gasteiger charge is -2.37. The number of imide groups is 2. The first-order valence-electron chi connectivity index (χ1n) is 22.9. The number of carbonyl (C=O) groups excluding carboxylic acids is 5. The number of barbiturate groups is 1. The minimum Gasteiger partial charge on any atom is -0.481 e. The lowest BCUT2D eigenvalue weighted by atomic mass is 9.94. The van der Waals surface area contributed by atoms with E-state index in [2.05, 4.69) is 23.8 Å². The molecule has 0 aromatic heterocycles. The normalized spacial score (nSPS) is 15.1. The van der Waals surface area contributed by atoms with E-state index in [1.165, 1.54) is 43.4 Å². The summed E-state index contributed by atoms with van der Waals surface area (Å²) in [6.07, 6.45) is 16.3. The van der Waals surface area contributed by atoms with Crippen molar-refractivity contribution in [2.24, 2.45) is 5.92 Å². The van der Waals surface area contributed by atoms with Gasteiger partial charge in [0.2, 0.25) is 11.8 Å². The van der Waals surface area contributed by atoms with Crippen LogP contribution < -0.4 is 4.90 Å². The molecule has 3 aromatic rings. The highest BCUT2D eigenvalue weighted by molar-refractivity contribution is 6.27. The van der Waals surface area contributed by atoms with E-state index in [0.717, 1.165) is 54.6 Å². The van der Waals surface area contributed by atoms with Gasteiger partial charge < -0.3 is 29.9 Å². The molecule has 4 N–H and O–H groups in total. The molecule has 4 rings (SSSR count). The zero-order valence-corrected chi connectivity index (χ0v) is 38.0. The highest BCUT2D eigenvalue weighted by Gasteiger charge is 2.46. The van der Waals surface area contributed by atoms with Gasteiger partial charge in [-0.05, 0) is 61.8 Å². The number of nitrogens with zero attached hydrogens (tertiary/aromatic N) is 2. The fraction of sp³-hybridized carbons (Fsp3) is 0.471. The number of hydrogen-bond acceptors (Lipinski definition) is 11. The Balaban J connectivity index is 0.000000358. The highest BCUT2D eigenvalue weighted by Crippen LogP contribution is 2.28. The fourth-order valence-electron chi connectivity index (χ4n) is 7.10. The second kappa shape index (κ2) is 30.1. The van der Waals surface area contributed by atoms with Crippen LogP contribution in [0.3, 0.4) is 0 Å². The number of para-hydroxylation sites is 1. The van der Waals surface area contributed by atoms with Crippen LogP contribution in [0.15, 0.2) is 103 Å². The lowest BCUT2D eigenvalue weighted by Crippen LogP contribution is -2.60. The lowest BCUT2D eigenvalue weighted by molar-refractivity contribution is -0.173. The van der Waals surface area contributed by atoms with Crippen LogP contribution >= 0.6 is 0 Å². The van der Waals surface area contributed by atoms with Gasteiger partial charge >= 0.3 is 29.9 Å². The van der Waals surface area contributed by atoms with Gasteiger partial charge in [0.15, 0.2) is 5.60 Å². The molecule has 15 nitrogen and oxygen atoms in total. The topological polar surface area (TPSA) is 225 Å². The molecule has 0 radical (unpaired) electrons. The number of unbranched alkanes of at least 4 members (excludes halogenated alkanes) is 11. The van der Waals surface area contributed by atoms with Gasteiger partial charge in [0, 0.05) is 6.42 Å². The standard InChI is InChI=1S/C27H46O10.C24H20N2O3/c1-2-3-4-5-6-7-8-9-10-11-12-13-14-15-16-17-24(31)36-20-22(28)21-37-25(32)19-27(35,26(33)34)18-23(29)30;27-22-21(16-18-10-4-1-5-11-18)23(28)26(20-14-8-3-9-15-20)24(29)25(22)17-19-12-6-2-7-13-19/h9-10,22,28,35H,2-8,11-21H2,1H3,(H,29,30)(H,33,34);1-15,21H,16-17H2/b10-9+;. The number of aliphatic hydroxyl groups is 2. The molecule has 66 heavy (non-hydrogen) atoms. The monoisotopic (exact) mass is 914 g/mol. The molecule has 3 atom stereocenters. The van der Waals surface area contributed by atoms with Crippen molar-refractivity contribution in [1.29, 1.82) is 0 Å². The summed E-state index contributed by atoms with van der Waals surface area (Å²) >= 11 is 0. The number of rotatable bonds is 29. The van der Waals surface area contributed by atoms with Crippen LogP contribution in [-0.2, 0) is 51.2 Å². The molecular weight excluding hydrogens is 849 g/mol. The number of aliphatic carboxylic acids is 2. The van der Waals surface area contributed by atoms with Crippen LogP contribution in [0.1, 0.15) is 121 Å². The number of amides is 4. The van der Waals surface area contributed by atoms with Crippen LogP contribution in [0.2, 0.25) is 0 Å². The Morgan fingerprint density at radius 2 is 1.15 bits per heavy atom. The number of urea groups is 1. The van der Waals surface area contributed by atoms with Gasteiger partial charge in [-0.3, -0.25) is 28.9 Å². The van der Waals surface area contributed by atoms with Gasteiger partial charge in [0.25, 0.3) is 0 Å². The van der Waals surface area contributed by atoms with Crippen molar-refractivity contribution in [1.82, 2.24) is 4.90 Å². The van der Waals surface area contributed by atoms with Crippen LogP contribution in [-0.4, -0.2) is 92.0 Å². The summed E-state index contributed by atoms with van der Waals surface area (Å²) in [6.45, 7) is 1.35. The van der Waals surface area contributed by atoms with Crippen LogP contribution in [0.25, 0.3) is 0 Å². The number of carbonyl (C=O) groups is 7. The molecule has 15 heteroatoms. The zero-order valence-electron chi connectivity index (χ0n) is 38.0. The molecule has 3 aromatic carbocycles. The first-order valence-corrected chi connectivity index (χ1v) is 22.9. The quantitative estimate of drug-likeness (QED) is 0.0223. The summed E-state index contributed by atoms with van der Waals surface area (Å²) in [5.74, 6) is -7.05. The summed E-state index contributed by atoms with van der Waals surface area (Å²) < 4.78 is 9.59. The van der Waals surface area contributed by atoms with Crippen molar-refractivity contribution in [3.63, 3.8) is 0 Å². The molecule has 0 bridgehead atoms. The SMILES string of the molecule is CCCCCCCC/C=C/CCCCCCCC(=O)OCC(O)COC(=O)CC(O)(CC(=O)O)C(=O)O.O=C1C(Cc2ccccc2)C(=O)N(c2ccccc2)C(=O)N1Cc1ccccc1. The maximum Gasteiger partial charge on any atom is 0.338 e. The molecule has 0 spiro atoms. The van der Waals surface area contributed by atoms with Gasteiger partial charge in [0.1, 0.15) is 25.2 Å². The molecule has 1 saturated heterocycles. The Morgan fingerprint density at radius 3 is 1.70 bits per heavy atom.